The van der Waals surface area contributed by atoms with Crippen LogP contribution in [0.1, 0.15) is 11.3 Å². The van der Waals surface area contributed by atoms with Crippen molar-refractivity contribution in [2.24, 2.45) is 10.9 Å². The van der Waals surface area contributed by atoms with Crippen LogP contribution in [0.2, 0.25) is 0 Å². The summed E-state index contributed by atoms with van der Waals surface area (Å²) in [5.74, 6) is 2.41. The Morgan fingerprint density at radius 3 is 2.77 bits per heavy atom. The van der Waals surface area contributed by atoms with E-state index in [9.17, 15) is 0 Å². The van der Waals surface area contributed by atoms with Crippen LogP contribution in [0.5, 0.6) is 5.75 Å². The van der Waals surface area contributed by atoms with Gasteiger partial charge in [0, 0.05) is 42.9 Å². The second-order valence-corrected chi connectivity index (χ2v) is 7.67. The molecular formula is C20H27N3O2S. The van der Waals surface area contributed by atoms with Crippen molar-refractivity contribution < 1.29 is 9.47 Å². The van der Waals surface area contributed by atoms with Gasteiger partial charge in [-0.2, -0.15) is 0 Å². The van der Waals surface area contributed by atoms with Gasteiger partial charge in [0.1, 0.15) is 5.75 Å². The van der Waals surface area contributed by atoms with Crippen LogP contribution < -0.4 is 10.1 Å². The number of aliphatic imine (C=N–C) groups is 1. The molecule has 0 amide bonds. The maximum absolute atomic E-state index is 5.47. The van der Waals surface area contributed by atoms with E-state index in [1.54, 1.807) is 18.4 Å². The quantitative estimate of drug-likeness (QED) is 0.622. The highest BCUT2D eigenvalue weighted by Gasteiger charge is 2.19. The van der Waals surface area contributed by atoms with E-state index in [1.807, 2.05) is 19.2 Å². The van der Waals surface area contributed by atoms with E-state index in [2.05, 4.69) is 46.5 Å². The number of ether oxygens (including phenoxy) is 2. The Bertz CT molecular complexity index is 721. The van der Waals surface area contributed by atoms with Crippen molar-refractivity contribution in [1.29, 1.82) is 0 Å². The summed E-state index contributed by atoms with van der Waals surface area (Å²) in [6.07, 6.45) is 1.14. The summed E-state index contributed by atoms with van der Waals surface area (Å²) < 4.78 is 10.7. The van der Waals surface area contributed by atoms with Crippen LogP contribution >= 0.6 is 11.3 Å². The highest BCUT2D eigenvalue weighted by atomic mass is 32.1. The second kappa shape index (κ2) is 9.05. The third-order valence-electron chi connectivity index (χ3n) is 4.59. The van der Waals surface area contributed by atoms with Gasteiger partial charge in [-0.15, -0.1) is 11.3 Å². The van der Waals surface area contributed by atoms with Gasteiger partial charge in [-0.3, -0.25) is 4.99 Å². The largest absolute Gasteiger partial charge is 0.497 e. The third-order valence-corrected chi connectivity index (χ3v) is 5.72. The number of nitrogens with one attached hydrogen (secondary N) is 1. The Hall–Kier alpha value is -2.05. The lowest BCUT2D eigenvalue weighted by Gasteiger charge is -2.24. The number of guanidine groups is 1. The van der Waals surface area contributed by atoms with Crippen molar-refractivity contribution in [2.45, 2.75) is 13.0 Å². The summed E-state index contributed by atoms with van der Waals surface area (Å²) in [6.45, 7) is 3.49. The third kappa shape index (κ3) is 4.77. The standard InChI is InChI=1S/C20H27N3O2S/c1-21-20(23(2)13-15-10-11-25-14-15)22-12-18-8-9-19(26-18)16-4-6-17(24-3)7-5-16/h4-9,15H,10-14H2,1-3H3,(H,21,22). The van der Waals surface area contributed by atoms with Gasteiger partial charge in [0.15, 0.2) is 5.96 Å². The number of hydrogen-bond donors (Lipinski definition) is 1. The molecular weight excluding hydrogens is 346 g/mol. The summed E-state index contributed by atoms with van der Waals surface area (Å²) in [5, 5.41) is 3.47. The molecule has 1 unspecified atom stereocenters. The van der Waals surface area contributed by atoms with Gasteiger partial charge in [0.05, 0.1) is 20.3 Å². The lowest BCUT2D eigenvalue weighted by molar-refractivity contribution is 0.181. The molecule has 1 aliphatic rings. The van der Waals surface area contributed by atoms with Crippen LogP contribution in [0.3, 0.4) is 0 Å². The fraction of sp³-hybridized carbons (Fsp3) is 0.450. The summed E-state index contributed by atoms with van der Waals surface area (Å²) in [7, 11) is 5.61. The minimum atomic E-state index is 0.599. The van der Waals surface area contributed by atoms with Crippen LogP contribution in [0, 0.1) is 5.92 Å². The van der Waals surface area contributed by atoms with Crippen LogP contribution in [-0.4, -0.2) is 51.8 Å². The molecule has 0 radical (unpaired) electrons. The number of methoxy groups -OCH3 is 1. The molecule has 3 rings (SSSR count). The fourth-order valence-corrected chi connectivity index (χ4v) is 4.09. The first-order valence-corrected chi connectivity index (χ1v) is 9.74. The van der Waals surface area contributed by atoms with Gasteiger partial charge in [-0.05, 0) is 48.4 Å². The molecule has 2 aromatic rings. The van der Waals surface area contributed by atoms with Crippen molar-refractivity contribution in [3.05, 3.63) is 41.3 Å². The zero-order chi connectivity index (χ0) is 18.4. The molecule has 2 heterocycles. The van der Waals surface area contributed by atoms with Crippen molar-refractivity contribution in [3.8, 4) is 16.2 Å². The average Bonchev–Trinajstić information content (AvgIpc) is 3.34. The molecule has 26 heavy (non-hydrogen) atoms. The van der Waals surface area contributed by atoms with Crippen LogP contribution in [0.15, 0.2) is 41.4 Å². The van der Waals surface area contributed by atoms with E-state index >= 15 is 0 Å². The minimum absolute atomic E-state index is 0.599. The molecule has 0 bridgehead atoms. The van der Waals surface area contributed by atoms with Crippen molar-refractivity contribution in [2.75, 3.05) is 41.0 Å². The molecule has 1 aromatic heterocycles. The van der Waals surface area contributed by atoms with Gasteiger partial charge in [0.2, 0.25) is 0 Å². The first-order valence-electron chi connectivity index (χ1n) is 8.92. The Kier molecular flexibility index (Phi) is 6.52. The lowest BCUT2D eigenvalue weighted by Crippen LogP contribution is -2.41. The zero-order valence-electron chi connectivity index (χ0n) is 15.7. The molecule has 0 spiro atoms. The minimum Gasteiger partial charge on any atom is -0.497 e. The van der Waals surface area contributed by atoms with Crippen LogP contribution in [0.4, 0.5) is 0 Å². The highest BCUT2D eigenvalue weighted by molar-refractivity contribution is 7.15. The molecule has 1 N–H and O–H groups in total. The number of hydrogen-bond acceptors (Lipinski definition) is 4. The predicted octanol–water partition coefficient (Wildman–Crippen LogP) is 3.47. The number of thiophene rings is 1. The average molecular weight is 374 g/mol. The Labute approximate surface area is 159 Å². The molecule has 0 aliphatic carbocycles. The van der Waals surface area contributed by atoms with E-state index in [0.717, 1.165) is 44.4 Å². The lowest BCUT2D eigenvalue weighted by atomic mass is 10.1. The van der Waals surface area contributed by atoms with Gasteiger partial charge in [0.25, 0.3) is 0 Å². The van der Waals surface area contributed by atoms with Crippen LogP contribution in [-0.2, 0) is 11.3 Å². The molecule has 1 fully saturated rings. The summed E-state index contributed by atoms with van der Waals surface area (Å²) in [5.41, 5.74) is 1.21. The topological polar surface area (TPSA) is 46.1 Å². The molecule has 5 nitrogen and oxygen atoms in total. The molecule has 1 aliphatic heterocycles. The fourth-order valence-electron chi connectivity index (χ4n) is 3.14. The SMILES string of the molecule is CN=C(NCc1ccc(-c2ccc(OC)cc2)s1)N(C)CC1CCOC1. The van der Waals surface area contributed by atoms with E-state index in [-0.39, 0.29) is 0 Å². The zero-order valence-corrected chi connectivity index (χ0v) is 16.5. The maximum atomic E-state index is 5.47. The summed E-state index contributed by atoms with van der Waals surface area (Å²) in [6, 6.07) is 12.5. The van der Waals surface area contributed by atoms with Crippen molar-refractivity contribution in [1.82, 2.24) is 10.2 Å². The Balaban J connectivity index is 1.55. The second-order valence-electron chi connectivity index (χ2n) is 6.51. The molecule has 1 atom stereocenters. The monoisotopic (exact) mass is 373 g/mol. The maximum Gasteiger partial charge on any atom is 0.193 e. The number of benzene rings is 1. The molecule has 6 heteroatoms. The van der Waals surface area contributed by atoms with E-state index in [0.29, 0.717) is 5.92 Å². The molecule has 1 saturated heterocycles. The van der Waals surface area contributed by atoms with E-state index in [4.69, 9.17) is 9.47 Å². The molecule has 140 valence electrons. The number of nitrogens with zero attached hydrogens (tertiary/aromatic N) is 2. The number of rotatable bonds is 6. The molecule has 1 aromatic carbocycles. The Morgan fingerprint density at radius 1 is 1.31 bits per heavy atom. The predicted molar refractivity (Wildman–Crippen MR) is 108 cm³/mol. The molecule has 0 saturated carbocycles. The van der Waals surface area contributed by atoms with Crippen molar-refractivity contribution >= 4 is 17.3 Å². The van der Waals surface area contributed by atoms with E-state index in [1.165, 1.54) is 15.3 Å². The van der Waals surface area contributed by atoms with Crippen molar-refractivity contribution in [3.63, 3.8) is 0 Å². The van der Waals surface area contributed by atoms with Gasteiger partial charge in [-0.25, -0.2) is 0 Å². The van der Waals surface area contributed by atoms with Gasteiger partial charge in [-0.1, -0.05) is 0 Å². The Morgan fingerprint density at radius 2 is 2.12 bits per heavy atom. The summed E-state index contributed by atoms with van der Waals surface area (Å²) >= 11 is 1.80. The smallest absolute Gasteiger partial charge is 0.193 e. The van der Waals surface area contributed by atoms with Gasteiger partial charge < -0.3 is 19.7 Å². The van der Waals surface area contributed by atoms with E-state index < -0.39 is 0 Å². The first kappa shape index (κ1) is 18.7. The van der Waals surface area contributed by atoms with Crippen LogP contribution in [0.25, 0.3) is 10.4 Å². The van der Waals surface area contributed by atoms with Gasteiger partial charge >= 0.3 is 0 Å². The first-order chi connectivity index (χ1) is 12.7. The highest BCUT2D eigenvalue weighted by Crippen LogP contribution is 2.29. The summed E-state index contributed by atoms with van der Waals surface area (Å²) in [4.78, 5) is 9.15. The normalized spacial score (nSPS) is 17.3.